The van der Waals surface area contributed by atoms with Crippen molar-refractivity contribution in [2.24, 2.45) is 5.84 Å². The molecule has 0 bridgehead atoms. The number of nitrogens with zero attached hydrogens (tertiary/aromatic N) is 1. The van der Waals surface area contributed by atoms with Gasteiger partial charge in [-0.25, -0.2) is 0 Å². The summed E-state index contributed by atoms with van der Waals surface area (Å²) < 4.78 is 0. The van der Waals surface area contributed by atoms with E-state index in [0.717, 1.165) is 9.75 Å². The lowest BCUT2D eigenvalue weighted by Gasteiger charge is -2.09. The van der Waals surface area contributed by atoms with Crippen LogP contribution in [0.25, 0.3) is 0 Å². The number of aryl methyl sites for hydroxylation is 1. The topological polar surface area (TPSA) is 110 Å². The van der Waals surface area contributed by atoms with E-state index in [1.807, 2.05) is 19.1 Å². The van der Waals surface area contributed by atoms with Crippen LogP contribution in [0.1, 0.15) is 20.1 Å². The number of hydrogen-bond donors (Lipinski definition) is 3. The first kappa shape index (κ1) is 14.9. The molecule has 1 heterocycles. The molecule has 1 amide bonds. The van der Waals surface area contributed by atoms with E-state index in [-0.39, 0.29) is 16.9 Å². The van der Waals surface area contributed by atoms with Crippen molar-refractivity contribution in [2.75, 3.05) is 5.43 Å². The van der Waals surface area contributed by atoms with Crippen LogP contribution in [0, 0.1) is 17.0 Å². The van der Waals surface area contributed by atoms with E-state index >= 15 is 0 Å². The summed E-state index contributed by atoms with van der Waals surface area (Å²) in [5, 5.41) is 13.6. The number of nitrogens with one attached hydrogen (secondary N) is 2. The smallest absolute Gasteiger partial charge is 0.294 e. The summed E-state index contributed by atoms with van der Waals surface area (Å²) in [7, 11) is 0. The molecular formula is C13H14N4O3S. The van der Waals surface area contributed by atoms with Gasteiger partial charge in [0, 0.05) is 15.8 Å². The standard InChI is InChI=1S/C13H14N4O3S/c1-8-5-6-9(21-8)7-15-13(18)10-3-2-4-11(17(19)20)12(10)16-14/h2-6,16H,7,14H2,1H3,(H,15,18). The van der Waals surface area contributed by atoms with E-state index in [4.69, 9.17) is 5.84 Å². The predicted molar refractivity (Wildman–Crippen MR) is 81.1 cm³/mol. The van der Waals surface area contributed by atoms with Crippen LogP contribution < -0.4 is 16.6 Å². The summed E-state index contributed by atoms with van der Waals surface area (Å²) >= 11 is 1.58. The Hall–Kier alpha value is -2.45. The number of anilines is 1. The summed E-state index contributed by atoms with van der Waals surface area (Å²) in [6.07, 6.45) is 0. The van der Waals surface area contributed by atoms with Gasteiger partial charge in [0.1, 0.15) is 5.69 Å². The minimum Gasteiger partial charge on any atom is -0.347 e. The molecule has 0 atom stereocenters. The second kappa shape index (κ2) is 6.33. The Morgan fingerprint density at radius 2 is 2.14 bits per heavy atom. The largest absolute Gasteiger partial charge is 0.347 e. The average molecular weight is 306 g/mol. The van der Waals surface area contributed by atoms with Crippen molar-refractivity contribution in [3.63, 3.8) is 0 Å². The molecule has 0 unspecified atom stereocenters. The normalized spacial score (nSPS) is 10.2. The van der Waals surface area contributed by atoms with Gasteiger partial charge in [-0.05, 0) is 25.1 Å². The van der Waals surface area contributed by atoms with Crippen LogP contribution >= 0.6 is 11.3 Å². The van der Waals surface area contributed by atoms with Gasteiger partial charge in [0.05, 0.1) is 17.0 Å². The second-order valence-corrected chi connectivity index (χ2v) is 5.67. The first-order valence-corrected chi connectivity index (χ1v) is 6.92. The highest BCUT2D eigenvalue weighted by atomic mass is 32.1. The number of carbonyl (C=O) groups excluding carboxylic acids is 1. The third-order valence-corrected chi connectivity index (χ3v) is 3.85. The Morgan fingerprint density at radius 1 is 1.38 bits per heavy atom. The molecular weight excluding hydrogens is 292 g/mol. The van der Waals surface area contributed by atoms with Gasteiger partial charge >= 0.3 is 0 Å². The van der Waals surface area contributed by atoms with Gasteiger partial charge in [-0.1, -0.05) is 6.07 Å². The van der Waals surface area contributed by atoms with Crippen molar-refractivity contribution in [3.8, 4) is 0 Å². The molecule has 0 radical (unpaired) electrons. The molecule has 1 aromatic heterocycles. The lowest BCUT2D eigenvalue weighted by atomic mass is 10.1. The lowest BCUT2D eigenvalue weighted by Crippen LogP contribution is -2.24. The Balaban J connectivity index is 2.19. The molecule has 110 valence electrons. The SMILES string of the molecule is Cc1ccc(CNC(=O)c2cccc([N+](=O)[O-])c2NN)s1. The minimum atomic E-state index is -0.589. The molecule has 4 N–H and O–H groups in total. The van der Waals surface area contributed by atoms with Crippen LogP contribution in [0.3, 0.4) is 0 Å². The van der Waals surface area contributed by atoms with Gasteiger partial charge in [-0.3, -0.25) is 20.8 Å². The minimum absolute atomic E-state index is 0.00219. The monoisotopic (exact) mass is 306 g/mol. The maximum Gasteiger partial charge on any atom is 0.294 e. The molecule has 0 aliphatic heterocycles. The number of nitrogen functional groups attached to an aromatic ring is 1. The van der Waals surface area contributed by atoms with Crippen molar-refractivity contribution >= 4 is 28.6 Å². The van der Waals surface area contributed by atoms with Gasteiger partial charge in [0.15, 0.2) is 0 Å². The molecule has 8 heteroatoms. The predicted octanol–water partition coefficient (Wildman–Crippen LogP) is 2.18. The zero-order chi connectivity index (χ0) is 15.4. The maximum atomic E-state index is 12.2. The molecule has 0 aliphatic rings. The number of carbonyl (C=O) groups is 1. The molecule has 1 aromatic carbocycles. The van der Waals surface area contributed by atoms with E-state index in [0.29, 0.717) is 6.54 Å². The van der Waals surface area contributed by atoms with Gasteiger partial charge in [0.2, 0.25) is 0 Å². The number of nitro groups is 1. The summed E-state index contributed by atoms with van der Waals surface area (Å²) in [6.45, 7) is 2.34. The molecule has 2 aromatic rings. The van der Waals surface area contributed by atoms with Gasteiger partial charge < -0.3 is 10.7 Å². The van der Waals surface area contributed by atoms with Crippen LogP contribution in [-0.2, 0) is 6.54 Å². The maximum absolute atomic E-state index is 12.2. The highest BCUT2D eigenvalue weighted by Gasteiger charge is 2.20. The Bertz CT molecular complexity index is 684. The number of nitrogens with two attached hydrogens (primary N) is 1. The van der Waals surface area contributed by atoms with E-state index in [1.54, 1.807) is 11.3 Å². The van der Waals surface area contributed by atoms with Gasteiger partial charge in [-0.15, -0.1) is 11.3 Å². The molecule has 0 spiro atoms. The van der Waals surface area contributed by atoms with E-state index in [9.17, 15) is 14.9 Å². The number of hydrogen-bond acceptors (Lipinski definition) is 6. The zero-order valence-electron chi connectivity index (χ0n) is 11.3. The van der Waals surface area contributed by atoms with Crippen molar-refractivity contribution < 1.29 is 9.72 Å². The Kier molecular flexibility index (Phi) is 4.51. The number of rotatable bonds is 5. The molecule has 0 saturated heterocycles. The van der Waals surface area contributed by atoms with E-state index < -0.39 is 10.8 Å². The summed E-state index contributed by atoms with van der Waals surface area (Å²) in [6, 6.07) is 8.11. The number of benzene rings is 1. The molecule has 0 fully saturated rings. The van der Waals surface area contributed by atoms with Gasteiger partial charge in [-0.2, -0.15) is 0 Å². The van der Waals surface area contributed by atoms with E-state index in [2.05, 4.69) is 10.7 Å². The third-order valence-electron chi connectivity index (χ3n) is 2.85. The second-order valence-electron chi connectivity index (χ2n) is 4.30. The molecule has 7 nitrogen and oxygen atoms in total. The molecule has 0 saturated carbocycles. The number of nitro benzene ring substituents is 1. The van der Waals surface area contributed by atoms with Crippen molar-refractivity contribution in [3.05, 3.63) is 55.8 Å². The Labute approximate surface area is 124 Å². The first-order chi connectivity index (χ1) is 10.0. The number of amides is 1. The molecule has 2 rings (SSSR count). The van der Waals surface area contributed by atoms with Crippen molar-refractivity contribution in [1.82, 2.24) is 5.32 Å². The summed E-state index contributed by atoms with van der Waals surface area (Å²) in [4.78, 5) is 24.6. The van der Waals surface area contributed by atoms with Crippen LogP contribution in [-0.4, -0.2) is 10.8 Å². The lowest BCUT2D eigenvalue weighted by molar-refractivity contribution is -0.384. The number of thiophene rings is 1. The highest BCUT2D eigenvalue weighted by Crippen LogP contribution is 2.27. The fourth-order valence-corrected chi connectivity index (χ4v) is 2.71. The van der Waals surface area contributed by atoms with Crippen LogP contribution in [0.5, 0.6) is 0 Å². The van der Waals surface area contributed by atoms with Crippen LogP contribution in [0.15, 0.2) is 30.3 Å². The first-order valence-electron chi connectivity index (χ1n) is 6.10. The van der Waals surface area contributed by atoms with Crippen LogP contribution in [0.4, 0.5) is 11.4 Å². The van der Waals surface area contributed by atoms with E-state index in [1.165, 1.54) is 18.2 Å². The fourth-order valence-electron chi connectivity index (χ4n) is 1.88. The number of hydrazine groups is 1. The molecule has 0 aliphatic carbocycles. The highest BCUT2D eigenvalue weighted by molar-refractivity contribution is 7.11. The van der Waals surface area contributed by atoms with Crippen molar-refractivity contribution in [1.29, 1.82) is 0 Å². The summed E-state index contributed by atoms with van der Waals surface area (Å²) in [5.74, 6) is 4.89. The molecule has 21 heavy (non-hydrogen) atoms. The number of para-hydroxylation sites is 1. The fraction of sp³-hybridized carbons (Fsp3) is 0.154. The van der Waals surface area contributed by atoms with Crippen LogP contribution in [0.2, 0.25) is 0 Å². The quantitative estimate of drug-likeness (QED) is 0.445. The Morgan fingerprint density at radius 3 is 2.71 bits per heavy atom. The summed E-state index contributed by atoms with van der Waals surface area (Å²) in [5.41, 5.74) is 2.13. The van der Waals surface area contributed by atoms with Gasteiger partial charge in [0.25, 0.3) is 11.6 Å². The van der Waals surface area contributed by atoms with Crippen molar-refractivity contribution in [2.45, 2.75) is 13.5 Å². The zero-order valence-corrected chi connectivity index (χ0v) is 12.1. The average Bonchev–Trinajstić information content (AvgIpc) is 2.89. The third kappa shape index (κ3) is 3.36.